The summed E-state index contributed by atoms with van der Waals surface area (Å²) >= 11 is 2.90. The molecule has 8 heteroatoms. The van der Waals surface area contributed by atoms with E-state index in [0.717, 1.165) is 14.6 Å². The van der Waals surface area contributed by atoms with Crippen molar-refractivity contribution in [3.63, 3.8) is 0 Å². The molecule has 0 fully saturated rings. The van der Waals surface area contributed by atoms with Gasteiger partial charge in [0.1, 0.15) is 5.75 Å². The fourth-order valence-corrected chi connectivity index (χ4v) is 4.36. The van der Waals surface area contributed by atoms with Crippen molar-refractivity contribution < 1.29 is 19.4 Å². The summed E-state index contributed by atoms with van der Waals surface area (Å²) in [7, 11) is 0. The Balaban J connectivity index is 0.00000243. The zero-order valence-electron chi connectivity index (χ0n) is 13.1. The van der Waals surface area contributed by atoms with Crippen molar-refractivity contribution in [3.8, 4) is 5.75 Å². The molecule has 2 aromatic carbocycles. The minimum Gasteiger partial charge on any atom is -0.481 e. The lowest BCUT2D eigenvalue weighted by molar-refractivity contribution is -0.145. The number of benzene rings is 2. The van der Waals surface area contributed by atoms with Crippen LogP contribution >= 0.6 is 23.1 Å². The first-order valence-corrected chi connectivity index (χ1v) is 9.39. The van der Waals surface area contributed by atoms with Crippen LogP contribution in [-0.4, -0.2) is 45.1 Å². The van der Waals surface area contributed by atoms with Crippen LogP contribution in [0.1, 0.15) is 6.42 Å². The molecule has 134 valence electrons. The lowest BCUT2D eigenvalue weighted by Crippen LogP contribution is -2.25. The van der Waals surface area contributed by atoms with Crippen molar-refractivity contribution in [2.75, 3.05) is 5.75 Å². The van der Waals surface area contributed by atoms with Crippen LogP contribution in [-0.2, 0) is 9.59 Å². The van der Waals surface area contributed by atoms with Gasteiger partial charge >= 0.3 is 11.9 Å². The number of hydrogen-bond donors (Lipinski definition) is 1. The van der Waals surface area contributed by atoms with Crippen molar-refractivity contribution in [2.45, 2.75) is 10.8 Å². The largest absolute Gasteiger partial charge is 0.481 e. The summed E-state index contributed by atoms with van der Waals surface area (Å²) in [6, 6.07) is 16.4. The number of carbonyl (C=O) groups is 2. The lowest BCUT2D eigenvalue weighted by atomic mass is 10.1. The third-order valence-corrected chi connectivity index (χ3v) is 5.74. The zero-order valence-corrected chi connectivity index (χ0v) is 14.8. The van der Waals surface area contributed by atoms with Gasteiger partial charge in [-0.15, -0.1) is 11.3 Å². The van der Waals surface area contributed by atoms with Gasteiger partial charge in [0.2, 0.25) is 0 Å². The van der Waals surface area contributed by atoms with Crippen LogP contribution in [0.5, 0.6) is 5.75 Å². The van der Waals surface area contributed by atoms with Gasteiger partial charge in [-0.1, -0.05) is 42.1 Å². The van der Waals surface area contributed by atoms with Gasteiger partial charge < -0.3 is 9.84 Å². The Kier molecular flexibility index (Phi) is 7.67. The third-order valence-electron chi connectivity index (χ3n) is 3.40. The van der Waals surface area contributed by atoms with Gasteiger partial charge in [0.25, 0.3) is 0 Å². The fourth-order valence-electron chi connectivity index (χ4n) is 2.19. The molecule has 0 amide bonds. The molecule has 3 rings (SSSR count). The summed E-state index contributed by atoms with van der Waals surface area (Å²) in [6.45, 7) is 0. The Bertz CT molecular complexity index is 852. The lowest BCUT2D eigenvalue weighted by Gasteiger charge is -2.13. The fraction of sp³-hybridized carbons (Fsp3) is 0.167. The summed E-state index contributed by atoms with van der Waals surface area (Å²) in [5.74, 6) is -1.60. The molecule has 1 N–H and O–H groups in total. The molecule has 0 spiro atoms. The molecule has 1 heterocycles. The van der Waals surface area contributed by atoms with Crippen LogP contribution in [0.25, 0.3) is 10.2 Å². The Morgan fingerprint density at radius 1 is 1.12 bits per heavy atom. The van der Waals surface area contributed by atoms with E-state index in [9.17, 15) is 9.59 Å². The Morgan fingerprint density at radius 2 is 1.81 bits per heavy atom. The van der Waals surface area contributed by atoms with Crippen molar-refractivity contribution >= 4 is 62.6 Å². The van der Waals surface area contributed by atoms with E-state index in [4.69, 9.17) is 9.84 Å². The van der Waals surface area contributed by atoms with Crippen LogP contribution < -0.4 is 4.74 Å². The molecule has 1 atom stereocenters. The number of thioether (sulfide) groups is 1. The van der Waals surface area contributed by atoms with Gasteiger partial charge in [-0.05, 0) is 24.3 Å². The smallest absolute Gasteiger partial charge is 0.315 e. The number of aliphatic carboxylic acids is 1. The number of rotatable bonds is 7. The van der Waals surface area contributed by atoms with Crippen molar-refractivity contribution in [2.24, 2.45) is 5.92 Å². The van der Waals surface area contributed by atoms with Gasteiger partial charge in [-0.2, -0.15) is 0 Å². The molecule has 3 aromatic rings. The summed E-state index contributed by atoms with van der Waals surface area (Å²) in [6.07, 6.45) is -0.274. The molecule has 0 saturated carbocycles. The number of esters is 1. The minimum absolute atomic E-state index is 0. The Morgan fingerprint density at radius 3 is 2.50 bits per heavy atom. The van der Waals surface area contributed by atoms with Crippen molar-refractivity contribution in [1.29, 1.82) is 0 Å². The number of aromatic nitrogens is 1. The number of ether oxygens (including phenoxy) is 1. The van der Waals surface area contributed by atoms with E-state index >= 15 is 0 Å². The molecule has 0 bridgehead atoms. The molecule has 0 saturated heterocycles. The monoisotopic (exact) mass is 403 g/mol. The number of para-hydroxylation sites is 2. The molecule has 1 aromatic heterocycles. The second kappa shape index (κ2) is 9.74. The van der Waals surface area contributed by atoms with E-state index in [2.05, 4.69) is 4.98 Å². The van der Waals surface area contributed by atoms with E-state index in [-0.39, 0.29) is 23.8 Å². The van der Waals surface area contributed by atoms with Crippen LogP contribution in [0, 0.1) is 5.92 Å². The molecule has 26 heavy (non-hydrogen) atoms. The van der Waals surface area contributed by atoms with Crippen molar-refractivity contribution in [3.05, 3.63) is 54.6 Å². The minimum atomic E-state index is -1.03. The second-order valence-corrected chi connectivity index (χ2v) is 7.59. The second-order valence-electron chi connectivity index (χ2n) is 5.29. The molecule has 0 aliphatic carbocycles. The maximum absolute atomic E-state index is 12.3. The number of fused-ring (bicyclic) bond motifs is 1. The normalized spacial score (nSPS) is 11.5. The van der Waals surface area contributed by atoms with E-state index < -0.39 is 17.9 Å². The highest BCUT2D eigenvalue weighted by Crippen LogP contribution is 2.31. The van der Waals surface area contributed by atoms with Crippen LogP contribution in [0.3, 0.4) is 0 Å². The predicted octanol–water partition coefficient (Wildman–Crippen LogP) is 2.90. The first-order valence-electron chi connectivity index (χ1n) is 7.59. The molecule has 0 aliphatic heterocycles. The summed E-state index contributed by atoms with van der Waals surface area (Å²) in [5.41, 5.74) is 0.900. The Labute approximate surface area is 169 Å². The summed E-state index contributed by atoms with van der Waals surface area (Å²) < 4.78 is 7.16. The van der Waals surface area contributed by atoms with Crippen molar-refractivity contribution in [1.82, 2.24) is 4.98 Å². The number of hydrogen-bond acceptors (Lipinski definition) is 6. The first kappa shape index (κ1) is 20.5. The summed E-state index contributed by atoms with van der Waals surface area (Å²) in [4.78, 5) is 27.9. The highest BCUT2D eigenvalue weighted by Gasteiger charge is 2.24. The topological polar surface area (TPSA) is 76.5 Å². The van der Waals surface area contributed by atoms with Crippen LogP contribution in [0.15, 0.2) is 58.9 Å². The molecule has 1 unspecified atom stereocenters. The van der Waals surface area contributed by atoms with E-state index in [1.54, 1.807) is 24.3 Å². The van der Waals surface area contributed by atoms with Crippen LogP contribution in [0.4, 0.5) is 0 Å². The highest BCUT2D eigenvalue weighted by atomic mass is 32.2. The quantitative estimate of drug-likeness (QED) is 0.283. The van der Waals surface area contributed by atoms with Gasteiger partial charge in [-0.25, -0.2) is 4.98 Å². The van der Waals surface area contributed by atoms with Gasteiger partial charge in [0, 0.05) is 5.75 Å². The number of thiazole rings is 1. The van der Waals surface area contributed by atoms with Gasteiger partial charge in [0.05, 0.1) is 22.6 Å². The maximum atomic E-state index is 12.3. The maximum Gasteiger partial charge on any atom is 0.315 e. The number of carbonyl (C=O) groups excluding carboxylic acids is 1. The SMILES string of the molecule is O=C(O)CC(CSc1nc2ccccc2s1)C(=O)Oc1ccccc1.[AlH3]. The molecule has 0 radical (unpaired) electrons. The average Bonchev–Trinajstić information content (AvgIpc) is 3.02. The summed E-state index contributed by atoms with van der Waals surface area (Å²) in [5, 5.41) is 9.08. The van der Waals surface area contributed by atoms with E-state index in [1.165, 1.54) is 23.1 Å². The van der Waals surface area contributed by atoms with Gasteiger partial charge in [-0.3, -0.25) is 9.59 Å². The molecule has 5 nitrogen and oxygen atoms in total. The molecular weight excluding hydrogens is 385 g/mol. The zero-order chi connectivity index (χ0) is 17.6. The standard InChI is InChI=1S/C18H15NO4S2.Al.3H/c20-16(21)10-12(17(22)23-13-6-2-1-3-7-13)11-24-18-19-14-8-4-5-9-15(14)25-18;;;;/h1-9,12H,10-11H2,(H,20,21);;;;. The molecular formula is C18H18AlNO4S2. The molecule has 0 aliphatic rings. The van der Waals surface area contributed by atoms with Crippen LogP contribution in [0.2, 0.25) is 0 Å². The highest BCUT2D eigenvalue weighted by molar-refractivity contribution is 8.01. The third kappa shape index (κ3) is 5.58. The average molecular weight is 403 g/mol. The number of carboxylic acids is 1. The van der Waals surface area contributed by atoms with Gasteiger partial charge in [0.15, 0.2) is 21.7 Å². The predicted molar refractivity (Wildman–Crippen MR) is 108 cm³/mol. The Hall–Kier alpha value is -1.85. The number of nitrogens with zero attached hydrogens (tertiary/aromatic N) is 1. The first-order chi connectivity index (χ1) is 12.1. The van der Waals surface area contributed by atoms with E-state index in [1.807, 2.05) is 30.3 Å². The van der Waals surface area contributed by atoms with E-state index in [0.29, 0.717) is 11.5 Å². The number of carboxylic acid groups (broad SMARTS) is 1.